The summed E-state index contributed by atoms with van der Waals surface area (Å²) in [4.78, 5) is 2.48. The highest BCUT2D eigenvalue weighted by molar-refractivity contribution is 7.99. The molecule has 0 amide bonds. The molecule has 18 heavy (non-hydrogen) atoms. The fourth-order valence-corrected chi connectivity index (χ4v) is 3.49. The van der Waals surface area contributed by atoms with E-state index in [-0.39, 0.29) is 6.04 Å². The second-order valence-corrected chi connectivity index (χ2v) is 6.37. The Morgan fingerprint density at radius 1 is 1.39 bits per heavy atom. The van der Waals surface area contributed by atoms with E-state index in [2.05, 4.69) is 35.6 Å². The lowest BCUT2D eigenvalue weighted by Gasteiger charge is -2.24. The molecule has 1 atom stereocenters. The smallest absolute Gasteiger partial charge is 0.130 e. The number of aryl methyl sites for hydroxylation is 2. The van der Waals surface area contributed by atoms with Crippen molar-refractivity contribution < 1.29 is 0 Å². The van der Waals surface area contributed by atoms with Crippen LogP contribution in [0.5, 0.6) is 0 Å². The summed E-state index contributed by atoms with van der Waals surface area (Å²) < 4.78 is 2.03. The van der Waals surface area contributed by atoms with Gasteiger partial charge >= 0.3 is 0 Å². The minimum atomic E-state index is 0.188. The van der Waals surface area contributed by atoms with Crippen LogP contribution in [0.3, 0.4) is 0 Å². The predicted molar refractivity (Wildman–Crippen MR) is 79.5 cm³/mol. The fraction of sp³-hybridized carbons (Fsp3) is 0.769. The summed E-state index contributed by atoms with van der Waals surface area (Å²) in [6, 6.07) is 0.188. The Labute approximate surface area is 114 Å². The third kappa shape index (κ3) is 3.01. The molecule has 0 radical (unpaired) electrons. The largest absolute Gasteiger partial charge is 0.356 e. The molecule has 0 spiro atoms. The number of hydrogen-bond acceptors (Lipinski definition) is 4. The third-order valence-corrected chi connectivity index (χ3v) is 4.41. The van der Waals surface area contributed by atoms with Gasteiger partial charge in [0, 0.05) is 37.5 Å². The molecular formula is C13H24N4S. The van der Waals surface area contributed by atoms with Crippen molar-refractivity contribution in [2.24, 2.45) is 12.8 Å². The van der Waals surface area contributed by atoms with Crippen molar-refractivity contribution in [3.05, 3.63) is 11.3 Å². The van der Waals surface area contributed by atoms with Gasteiger partial charge in [0.2, 0.25) is 0 Å². The molecule has 1 fully saturated rings. The molecule has 4 nitrogen and oxygen atoms in total. The SMILES string of the molecule is Cc1nn(C)c(N2CCCSCC2)c1CC(C)N. The molecule has 1 saturated heterocycles. The normalized spacial score (nSPS) is 18.8. The first-order valence-corrected chi connectivity index (χ1v) is 7.86. The number of aromatic nitrogens is 2. The van der Waals surface area contributed by atoms with E-state index in [1.165, 1.54) is 29.3 Å². The fourth-order valence-electron chi connectivity index (χ4n) is 2.60. The first-order chi connectivity index (χ1) is 8.59. The van der Waals surface area contributed by atoms with E-state index in [0.29, 0.717) is 0 Å². The quantitative estimate of drug-likeness (QED) is 0.904. The van der Waals surface area contributed by atoms with Gasteiger partial charge in [-0.3, -0.25) is 4.68 Å². The Morgan fingerprint density at radius 2 is 2.17 bits per heavy atom. The maximum Gasteiger partial charge on any atom is 0.130 e. The lowest BCUT2D eigenvalue weighted by Crippen LogP contribution is -2.29. The second kappa shape index (κ2) is 5.97. The van der Waals surface area contributed by atoms with E-state index in [9.17, 15) is 0 Å². The van der Waals surface area contributed by atoms with Gasteiger partial charge in [0.25, 0.3) is 0 Å². The maximum atomic E-state index is 5.97. The molecule has 1 unspecified atom stereocenters. The van der Waals surface area contributed by atoms with E-state index in [1.54, 1.807) is 0 Å². The average Bonchev–Trinajstić information content (AvgIpc) is 2.52. The number of hydrogen-bond donors (Lipinski definition) is 1. The topological polar surface area (TPSA) is 47.1 Å². The van der Waals surface area contributed by atoms with E-state index in [4.69, 9.17) is 5.73 Å². The zero-order valence-corrected chi connectivity index (χ0v) is 12.5. The van der Waals surface area contributed by atoms with Crippen molar-refractivity contribution in [1.29, 1.82) is 0 Å². The molecule has 1 aliphatic rings. The number of nitrogens with zero attached hydrogens (tertiary/aromatic N) is 3. The van der Waals surface area contributed by atoms with Gasteiger partial charge in [0.15, 0.2) is 0 Å². The monoisotopic (exact) mass is 268 g/mol. The summed E-state index contributed by atoms with van der Waals surface area (Å²) in [5, 5.41) is 4.58. The van der Waals surface area contributed by atoms with Crippen LogP contribution in [0.25, 0.3) is 0 Å². The predicted octanol–water partition coefficient (Wildman–Crippen LogP) is 1.56. The zero-order valence-electron chi connectivity index (χ0n) is 11.6. The van der Waals surface area contributed by atoms with Gasteiger partial charge in [0.05, 0.1) is 5.69 Å². The van der Waals surface area contributed by atoms with Crippen LogP contribution in [-0.2, 0) is 13.5 Å². The molecule has 1 aliphatic heterocycles. The van der Waals surface area contributed by atoms with Crippen LogP contribution >= 0.6 is 11.8 Å². The summed E-state index contributed by atoms with van der Waals surface area (Å²) in [5.41, 5.74) is 8.43. The van der Waals surface area contributed by atoms with Gasteiger partial charge in [-0.2, -0.15) is 16.9 Å². The molecule has 2 heterocycles. The summed E-state index contributed by atoms with van der Waals surface area (Å²) in [6.45, 7) is 6.41. The van der Waals surface area contributed by atoms with E-state index >= 15 is 0 Å². The number of thioether (sulfide) groups is 1. The number of anilines is 1. The van der Waals surface area contributed by atoms with Crippen molar-refractivity contribution in [1.82, 2.24) is 9.78 Å². The molecule has 1 aromatic rings. The Kier molecular flexibility index (Phi) is 4.56. The van der Waals surface area contributed by atoms with Gasteiger partial charge in [-0.15, -0.1) is 0 Å². The van der Waals surface area contributed by atoms with Gasteiger partial charge in [-0.1, -0.05) is 0 Å². The minimum absolute atomic E-state index is 0.188. The van der Waals surface area contributed by atoms with Crippen LogP contribution in [0.4, 0.5) is 5.82 Å². The van der Waals surface area contributed by atoms with Gasteiger partial charge < -0.3 is 10.6 Å². The maximum absolute atomic E-state index is 5.97. The van der Waals surface area contributed by atoms with Gasteiger partial charge in [-0.05, 0) is 32.4 Å². The Balaban J connectivity index is 2.29. The van der Waals surface area contributed by atoms with Gasteiger partial charge in [-0.25, -0.2) is 0 Å². The molecule has 0 aliphatic carbocycles. The number of nitrogens with two attached hydrogens (primary N) is 1. The van der Waals surface area contributed by atoms with Crippen LogP contribution in [0.15, 0.2) is 0 Å². The molecule has 2 N–H and O–H groups in total. The van der Waals surface area contributed by atoms with Crippen LogP contribution in [0.1, 0.15) is 24.6 Å². The first-order valence-electron chi connectivity index (χ1n) is 6.70. The molecule has 1 aromatic heterocycles. The van der Waals surface area contributed by atoms with E-state index in [1.807, 2.05) is 11.7 Å². The average molecular weight is 268 g/mol. The van der Waals surface area contributed by atoms with Crippen molar-refractivity contribution in [2.75, 3.05) is 29.5 Å². The first kappa shape index (κ1) is 13.7. The summed E-state index contributed by atoms with van der Waals surface area (Å²) in [5.74, 6) is 3.77. The molecule has 5 heteroatoms. The highest BCUT2D eigenvalue weighted by atomic mass is 32.2. The molecule has 0 saturated carbocycles. The lowest BCUT2D eigenvalue weighted by molar-refractivity contribution is 0.696. The molecule has 0 aromatic carbocycles. The summed E-state index contributed by atoms with van der Waals surface area (Å²) in [7, 11) is 2.05. The summed E-state index contributed by atoms with van der Waals surface area (Å²) in [6.07, 6.45) is 2.17. The minimum Gasteiger partial charge on any atom is -0.356 e. The van der Waals surface area contributed by atoms with E-state index < -0.39 is 0 Å². The van der Waals surface area contributed by atoms with Crippen molar-refractivity contribution in [2.45, 2.75) is 32.7 Å². The molecule has 2 rings (SSSR count). The molecular weight excluding hydrogens is 244 g/mol. The van der Waals surface area contributed by atoms with Crippen molar-refractivity contribution in [3.63, 3.8) is 0 Å². The zero-order chi connectivity index (χ0) is 13.1. The van der Waals surface area contributed by atoms with Crippen LogP contribution in [0, 0.1) is 6.92 Å². The Hall–Kier alpha value is -0.680. The third-order valence-electron chi connectivity index (χ3n) is 3.36. The van der Waals surface area contributed by atoms with E-state index in [0.717, 1.165) is 25.2 Å². The Bertz CT molecular complexity index is 392. The van der Waals surface area contributed by atoms with Gasteiger partial charge in [0.1, 0.15) is 5.82 Å². The standard InChI is InChI=1S/C13H24N4S/c1-10(14)9-12-11(2)15-16(3)13(12)17-5-4-7-18-8-6-17/h10H,4-9,14H2,1-3H3. The van der Waals surface area contributed by atoms with Crippen LogP contribution < -0.4 is 10.6 Å². The molecule has 0 bridgehead atoms. The summed E-state index contributed by atoms with van der Waals surface area (Å²) >= 11 is 2.05. The van der Waals surface area contributed by atoms with Crippen molar-refractivity contribution >= 4 is 17.6 Å². The highest BCUT2D eigenvalue weighted by Gasteiger charge is 2.20. The van der Waals surface area contributed by atoms with Crippen molar-refractivity contribution in [3.8, 4) is 0 Å². The highest BCUT2D eigenvalue weighted by Crippen LogP contribution is 2.26. The lowest BCUT2D eigenvalue weighted by atomic mass is 10.1. The molecule has 102 valence electrons. The van der Waals surface area contributed by atoms with Crippen LogP contribution in [-0.4, -0.2) is 40.4 Å². The second-order valence-electron chi connectivity index (χ2n) is 5.15. The Morgan fingerprint density at radius 3 is 2.89 bits per heavy atom. The van der Waals surface area contributed by atoms with Crippen LogP contribution in [0.2, 0.25) is 0 Å². The number of rotatable bonds is 3.